The summed E-state index contributed by atoms with van der Waals surface area (Å²) in [4.78, 5) is 18.6. The second-order valence-corrected chi connectivity index (χ2v) is 6.10. The maximum Gasteiger partial charge on any atom is 0.252 e. The molecule has 1 aromatic heterocycles. The van der Waals surface area contributed by atoms with E-state index in [4.69, 9.17) is 0 Å². The Kier molecular flexibility index (Phi) is 3.78. The smallest absolute Gasteiger partial charge is 0.252 e. The average molecular weight is 277 g/mol. The van der Waals surface area contributed by atoms with Gasteiger partial charge in [-0.3, -0.25) is 4.79 Å². The molecule has 1 aliphatic carbocycles. The maximum atomic E-state index is 12.5. The van der Waals surface area contributed by atoms with Gasteiger partial charge in [-0.15, -0.1) is 0 Å². The van der Waals surface area contributed by atoms with Crippen LogP contribution in [0, 0.1) is 5.92 Å². The summed E-state index contributed by atoms with van der Waals surface area (Å²) in [5.74, 6) is 0.0505. The Bertz CT molecular complexity index is 491. The normalized spacial score (nSPS) is 21.6. The zero-order chi connectivity index (χ0) is 14.1. The Morgan fingerprint density at radius 2 is 2.15 bits per heavy atom. The number of carbonyl (C=O) groups excluding carboxylic acids is 1. The standard InChI is InChI=1S/C15H23N3O2/c1-17-10-16-12-9-18(8-7-13(12)17)15(20)14(19)11-5-3-2-4-6-11/h10-11,14,19H,2-9H2,1H3. The minimum absolute atomic E-state index is 0.104. The Hall–Kier alpha value is -1.36. The van der Waals surface area contributed by atoms with Crippen LogP contribution in [0.2, 0.25) is 0 Å². The van der Waals surface area contributed by atoms with E-state index in [2.05, 4.69) is 4.98 Å². The summed E-state index contributed by atoms with van der Waals surface area (Å²) in [6, 6.07) is 0. The van der Waals surface area contributed by atoms with Crippen molar-refractivity contribution in [1.29, 1.82) is 0 Å². The van der Waals surface area contributed by atoms with Crippen LogP contribution in [-0.2, 0) is 24.8 Å². The van der Waals surface area contributed by atoms with E-state index in [9.17, 15) is 9.90 Å². The molecule has 3 rings (SSSR count). The monoisotopic (exact) mass is 277 g/mol. The summed E-state index contributed by atoms with van der Waals surface area (Å²) < 4.78 is 2.02. The molecule has 1 amide bonds. The van der Waals surface area contributed by atoms with E-state index in [1.165, 1.54) is 12.1 Å². The molecule has 5 heteroatoms. The number of aliphatic hydroxyl groups excluding tert-OH is 1. The molecular formula is C15H23N3O2. The summed E-state index contributed by atoms with van der Waals surface area (Å²) in [6.45, 7) is 1.23. The Morgan fingerprint density at radius 3 is 2.90 bits per heavy atom. The van der Waals surface area contributed by atoms with Gasteiger partial charge in [0, 0.05) is 25.7 Å². The van der Waals surface area contributed by atoms with Gasteiger partial charge in [-0.05, 0) is 18.8 Å². The molecule has 5 nitrogen and oxygen atoms in total. The molecule has 1 unspecified atom stereocenters. The number of carbonyl (C=O) groups is 1. The highest BCUT2D eigenvalue weighted by Crippen LogP contribution is 2.28. The van der Waals surface area contributed by atoms with Crippen LogP contribution in [0.15, 0.2) is 6.33 Å². The first kappa shape index (κ1) is 13.6. The van der Waals surface area contributed by atoms with Crippen LogP contribution in [0.3, 0.4) is 0 Å². The van der Waals surface area contributed by atoms with Crippen molar-refractivity contribution in [1.82, 2.24) is 14.5 Å². The molecule has 0 bridgehead atoms. The molecule has 110 valence electrons. The molecule has 20 heavy (non-hydrogen) atoms. The number of aryl methyl sites for hydroxylation is 1. The van der Waals surface area contributed by atoms with Gasteiger partial charge in [0.05, 0.1) is 18.6 Å². The van der Waals surface area contributed by atoms with Crippen molar-refractivity contribution in [3.63, 3.8) is 0 Å². The van der Waals surface area contributed by atoms with Gasteiger partial charge >= 0.3 is 0 Å². The fourth-order valence-electron chi connectivity index (χ4n) is 3.48. The molecule has 1 aromatic rings. The van der Waals surface area contributed by atoms with Gasteiger partial charge in [-0.2, -0.15) is 0 Å². The predicted molar refractivity (Wildman–Crippen MR) is 74.9 cm³/mol. The van der Waals surface area contributed by atoms with Crippen LogP contribution >= 0.6 is 0 Å². The first-order valence-corrected chi connectivity index (χ1v) is 7.62. The Morgan fingerprint density at radius 1 is 1.40 bits per heavy atom. The maximum absolute atomic E-state index is 12.5. The molecule has 2 aliphatic rings. The lowest BCUT2D eigenvalue weighted by Crippen LogP contribution is -2.45. The molecular weight excluding hydrogens is 254 g/mol. The molecule has 0 aromatic carbocycles. The summed E-state index contributed by atoms with van der Waals surface area (Å²) in [5, 5.41) is 10.3. The summed E-state index contributed by atoms with van der Waals surface area (Å²) >= 11 is 0. The van der Waals surface area contributed by atoms with Crippen LogP contribution in [0.1, 0.15) is 43.5 Å². The number of nitrogens with zero attached hydrogens (tertiary/aromatic N) is 3. The van der Waals surface area contributed by atoms with Crippen LogP contribution < -0.4 is 0 Å². The topological polar surface area (TPSA) is 58.4 Å². The molecule has 0 saturated heterocycles. The lowest BCUT2D eigenvalue weighted by Gasteiger charge is -2.32. The highest BCUT2D eigenvalue weighted by Gasteiger charge is 2.33. The number of imidazole rings is 1. The minimum Gasteiger partial charge on any atom is -0.383 e. The van der Waals surface area contributed by atoms with Crippen molar-refractivity contribution in [2.45, 2.75) is 51.2 Å². The summed E-state index contributed by atoms with van der Waals surface area (Å²) in [5.41, 5.74) is 2.18. The van der Waals surface area contributed by atoms with Gasteiger partial charge in [0.2, 0.25) is 0 Å². The van der Waals surface area contributed by atoms with E-state index in [0.717, 1.165) is 37.8 Å². The number of hydrogen-bond acceptors (Lipinski definition) is 3. The first-order valence-electron chi connectivity index (χ1n) is 7.62. The molecule has 1 aliphatic heterocycles. The zero-order valence-electron chi connectivity index (χ0n) is 12.1. The number of fused-ring (bicyclic) bond motifs is 1. The number of aliphatic hydroxyl groups is 1. The van der Waals surface area contributed by atoms with Gasteiger partial charge in [0.1, 0.15) is 6.10 Å². The Balaban J connectivity index is 1.66. The fraction of sp³-hybridized carbons (Fsp3) is 0.733. The van der Waals surface area contributed by atoms with E-state index in [-0.39, 0.29) is 11.8 Å². The number of aromatic nitrogens is 2. The van der Waals surface area contributed by atoms with E-state index in [1.54, 1.807) is 11.2 Å². The minimum atomic E-state index is -0.819. The van der Waals surface area contributed by atoms with E-state index < -0.39 is 6.10 Å². The van der Waals surface area contributed by atoms with Crippen LogP contribution in [0.4, 0.5) is 0 Å². The van der Waals surface area contributed by atoms with Crippen molar-refractivity contribution in [2.24, 2.45) is 13.0 Å². The van der Waals surface area contributed by atoms with E-state index in [0.29, 0.717) is 13.1 Å². The lowest BCUT2D eigenvalue weighted by molar-refractivity contribution is -0.144. The van der Waals surface area contributed by atoms with Crippen molar-refractivity contribution in [2.75, 3.05) is 6.54 Å². The van der Waals surface area contributed by atoms with Crippen molar-refractivity contribution in [3.05, 3.63) is 17.7 Å². The van der Waals surface area contributed by atoms with Crippen LogP contribution in [0.25, 0.3) is 0 Å². The van der Waals surface area contributed by atoms with Crippen molar-refractivity contribution in [3.8, 4) is 0 Å². The second kappa shape index (κ2) is 5.56. The molecule has 0 radical (unpaired) electrons. The molecule has 2 heterocycles. The quantitative estimate of drug-likeness (QED) is 0.885. The van der Waals surface area contributed by atoms with Crippen molar-refractivity contribution >= 4 is 5.91 Å². The van der Waals surface area contributed by atoms with E-state index in [1.807, 2.05) is 11.6 Å². The number of hydrogen-bond donors (Lipinski definition) is 1. The molecule has 1 fully saturated rings. The third kappa shape index (κ3) is 2.46. The van der Waals surface area contributed by atoms with Gasteiger partial charge in [0.15, 0.2) is 0 Å². The van der Waals surface area contributed by atoms with E-state index >= 15 is 0 Å². The zero-order valence-corrected chi connectivity index (χ0v) is 12.1. The van der Waals surface area contributed by atoms with Crippen LogP contribution in [-0.4, -0.2) is 38.1 Å². The third-order valence-corrected chi connectivity index (χ3v) is 4.77. The highest BCUT2D eigenvalue weighted by molar-refractivity contribution is 5.81. The molecule has 1 atom stereocenters. The van der Waals surface area contributed by atoms with Gasteiger partial charge in [0.25, 0.3) is 5.91 Å². The second-order valence-electron chi connectivity index (χ2n) is 6.10. The first-order chi connectivity index (χ1) is 9.66. The van der Waals surface area contributed by atoms with Gasteiger partial charge in [-0.1, -0.05) is 19.3 Å². The summed E-state index contributed by atoms with van der Waals surface area (Å²) in [7, 11) is 1.99. The van der Waals surface area contributed by atoms with Crippen LogP contribution in [0.5, 0.6) is 0 Å². The Labute approximate surface area is 119 Å². The van der Waals surface area contributed by atoms with Crippen molar-refractivity contribution < 1.29 is 9.90 Å². The predicted octanol–water partition coefficient (Wildman–Crippen LogP) is 1.25. The molecule has 1 N–H and O–H groups in total. The highest BCUT2D eigenvalue weighted by atomic mass is 16.3. The number of rotatable bonds is 2. The average Bonchev–Trinajstić information content (AvgIpc) is 2.87. The van der Waals surface area contributed by atoms with Gasteiger partial charge < -0.3 is 14.6 Å². The third-order valence-electron chi connectivity index (χ3n) is 4.77. The largest absolute Gasteiger partial charge is 0.383 e. The molecule has 0 spiro atoms. The lowest BCUT2D eigenvalue weighted by atomic mass is 9.84. The molecule has 1 saturated carbocycles. The van der Waals surface area contributed by atoms with Gasteiger partial charge in [-0.25, -0.2) is 4.98 Å². The SMILES string of the molecule is Cn1cnc2c1CCN(C(=O)C(O)C1CCCCC1)C2. The summed E-state index contributed by atoms with van der Waals surface area (Å²) in [6.07, 6.45) is 7.29. The number of amides is 1. The fourth-order valence-corrected chi connectivity index (χ4v) is 3.48.